The Morgan fingerprint density at radius 2 is 2.05 bits per heavy atom. The molecule has 22 heavy (non-hydrogen) atoms. The van der Waals surface area contributed by atoms with Crippen molar-refractivity contribution in [2.75, 3.05) is 33.4 Å². The molecule has 1 unspecified atom stereocenters. The number of nitrogens with two attached hydrogens (primary N) is 1. The first-order valence-electron chi connectivity index (χ1n) is 7.91. The van der Waals surface area contributed by atoms with Gasteiger partial charge in [0.15, 0.2) is 0 Å². The molecule has 0 radical (unpaired) electrons. The maximum absolute atomic E-state index is 5.74. The number of hydrogen-bond donors (Lipinski definition) is 2. The summed E-state index contributed by atoms with van der Waals surface area (Å²) in [6, 6.07) is 8.23. The Bertz CT molecular complexity index is 494. The van der Waals surface area contributed by atoms with Gasteiger partial charge in [0, 0.05) is 13.2 Å². The van der Waals surface area contributed by atoms with Crippen LogP contribution in [-0.4, -0.2) is 39.5 Å². The Morgan fingerprint density at radius 3 is 2.68 bits per heavy atom. The van der Waals surface area contributed by atoms with Crippen LogP contribution in [0.4, 0.5) is 0 Å². The van der Waals surface area contributed by atoms with Gasteiger partial charge >= 0.3 is 0 Å². The fraction of sp³-hybridized carbons (Fsp3) is 0.444. The molecule has 0 spiro atoms. The molecule has 0 heterocycles. The van der Waals surface area contributed by atoms with E-state index >= 15 is 0 Å². The quantitative estimate of drug-likeness (QED) is 0.688. The van der Waals surface area contributed by atoms with Gasteiger partial charge in [-0.1, -0.05) is 30.4 Å². The molecule has 0 aromatic heterocycles. The number of rotatable bonds is 9. The first kappa shape index (κ1) is 16.7. The summed E-state index contributed by atoms with van der Waals surface area (Å²) in [6.07, 6.45) is 8.49. The van der Waals surface area contributed by atoms with Crippen molar-refractivity contribution in [3.8, 4) is 5.75 Å². The average Bonchev–Trinajstić information content (AvgIpc) is 2.57. The van der Waals surface area contributed by atoms with Gasteiger partial charge in [-0.2, -0.15) is 0 Å². The summed E-state index contributed by atoms with van der Waals surface area (Å²) >= 11 is 0. The molecule has 0 bridgehead atoms. The summed E-state index contributed by atoms with van der Waals surface area (Å²) in [4.78, 5) is 0. The third-order valence-corrected chi connectivity index (χ3v) is 3.55. The molecule has 0 saturated carbocycles. The van der Waals surface area contributed by atoms with Crippen LogP contribution in [0.3, 0.4) is 0 Å². The molecule has 0 saturated heterocycles. The van der Waals surface area contributed by atoms with Crippen LogP contribution in [0, 0.1) is 0 Å². The van der Waals surface area contributed by atoms with E-state index in [4.69, 9.17) is 15.2 Å². The predicted octanol–water partition coefficient (Wildman–Crippen LogP) is 2.36. The van der Waals surface area contributed by atoms with Crippen LogP contribution < -0.4 is 15.8 Å². The highest BCUT2D eigenvalue weighted by molar-refractivity contribution is 5.75. The summed E-state index contributed by atoms with van der Waals surface area (Å²) < 4.78 is 11.4. The van der Waals surface area contributed by atoms with E-state index < -0.39 is 0 Å². The SMILES string of the molecule is CNCCOc1ccc(C2=CCC(OCCCN)C=C2)cc1. The van der Waals surface area contributed by atoms with Crippen molar-refractivity contribution in [3.63, 3.8) is 0 Å². The zero-order valence-corrected chi connectivity index (χ0v) is 13.3. The van der Waals surface area contributed by atoms with Crippen molar-refractivity contribution in [3.05, 3.63) is 48.1 Å². The lowest BCUT2D eigenvalue weighted by atomic mass is 9.98. The Kier molecular flexibility index (Phi) is 7.16. The molecule has 0 aliphatic heterocycles. The summed E-state index contributed by atoms with van der Waals surface area (Å²) in [5.41, 5.74) is 7.91. The van der Waals surface area contributed by atoms with E-state index in [0.717, 1.165) is 31.7 Å². The van der Waals surface area contributed by atoms with E-state index in [1.165, 1.54) is 11.1 Å². The second-order valence-corrected chi connectivity index (χ2v) is 5.28. The summed E-state index contributed by atoms with van der Waals surface area (Å²) in [5, 5.41) is 3.06. The number of nitrogens with one attached hydrogen (secondary N) is 1. The van der Waals surface area contributed by atoms with Crippen molar-refractivity contribution in [2.45, 2.75) is 18.9 Å². The van der Waals surface area contributed by atoms with E-state index in [0.29, 0.717) is 13.2 Å². The molecular formula is C18H26N2O2. The molecule has 1 aliphatic carbocycles. The van der Waals surface area contributed by atoms with Gasteiger partial charge < -0.3 is 20.5 Å². The van der Waals surface area contributed by atoms with Gasteiger partial charge in [0.05, 0.1) is 6.10 Å². The van der Waals surface area contributed by atoms with Crippen molar-refractivity contribution in [1.29, 1.82) is 0 Å². The molecule has 1 aromatic rings. The molecule has 2 rings (SSSR count). The number of benzene rings is 1. The van der Waals surface area contributed by atoms with E-state index in [1.807, 2.05) is 19.2 Å². The van der Waals surface area contributed by atoms with Crippen molar-refractivity contribution < 1.29 is 9.47 Å². The van der Waals surface area contributed by atoms with Crippen LogP contribution in [0.15, 0.2) is 42.5 Å². The summed E-state index contributed by atoms with van der Waals surface area (Å²) in [5.74, 6) is 0.905. The first-order chi connectivity index (χ1) is 10.8. The Labute approximate surface area is 133 Å². The monoisotopic (exact) mass is 302 g/mol. The molecule has 3 N–H and O–H groups in total. The summed E-state index contributed by atoms with van der Waals surface area (Å²) in [7, 11) is 1.92. The minimum Gasteiger partial charge on any atom is -0.492 e. The van der Waals surface area contributed by atoms with Crippen molar-refractivity contribution >= 4 is 5.57 Å². The van der Waals surface area contributed by atoms with Crippen molar-refractivity contribution in [2.24, 2.45) is 5.73 Å². The number of hydrogen-bond acceptors (Lipinski definition) is 4. The maximum Gasteiger partial charge on any atom is 0.119 e. The molecule has 120 valence electrons. The van der Waals surface area contributed by atoms with E-state index in [-0.39, 0.29) is 6.10 Å². The van der Waals surface area contributed by atoms with Gasteiger partial charge in [0.2, 0.25) is 0 Å². The zero-order valence-electron chi connectivity index (χ0n) is 13.3. The highest BCUT2D eigenvalue weighted by Crippen LogP contribution is 2.24. The fourth-order valence-electron chi connectivity index (χ4n) is 2.27. The fourth-order valence-corrected chi connectivity index (χ4v) is 2.27. The molecule has 1 aromatic carbocycles. The minimum atomic E-state index is 0.180. The van der Waals surface area contributed by atoms with Gasteiger partial charge in [-0.25, -0.2) is 0 Å². The van der Waals surface area contributed by atoms with Gasteiger partial charge in [-0.05, 0) is 49.7 Å². The predicted molar refractivity (Wildman–Crippen MR) is 91.0 cm³/mol. The molecule has 0 amide bonds. The molecule has 4 nitrogen and oxygen atoms in total. The van der Waals surface area contributed by atoms with Crippen LogP contribution in [0.2, 0.25) is 0 Å². The van der Waals surface area contributed by atoms with Crippen LogP contribution in [-0.2, 0) is 4.74 Å². The lowest BCUT2D eigenvalue weighted by molar-refractivity contribution is 0.0860. The molecule has 4 heteroatoms. The topological polar surface area (TPSA) is 56.5 Å². The number of allylic oxidation sites excluding steroid dienone is 2. The number of likely N-dealkylation sites (N-methyl/N-ethyl adjacent to an activating group) is 1. The van der Waals surface area contributed by atoms with Crippen molar-refractivity contribution in [1.82, 2.24) is 5.32 Å². The normalized spacial score (nSPS) is 17.4. The molecule has 1 aliphatic rings. The van der Waals surface area contributed by atoms with Gasteiger partial charge in [0.1, 0.15) is 12.4 Å². The second kappa shape index (κ2) is 9.41. The number of ether oxygens (including phenoxy) is 2. The lowest BCUT2D eigenvalue weighted by Gasteiger charge is -2.17. The Balaban J connectivity index is 1.84. The minimum absolute atomic E-state index is 0.180. The Morgan fingerprint density at radius 1 is 1.23 bits per heavy atom. The average molecular weight is 302 g/mol. The highest BCUT2D eigenvalue weighted by atomic mass is 16.5. The van der Waals surface area contributed by atoms with Crippen LogP contribution in [0.25, 0.3) is 5.57 Å². The third-order valence-electron chi connectivity index (χ3n) is 3.55. The van der Waals surface area contributed by atoms with E-state index in [1.54, 1.807) is 0 Å². The van der Waals surface area contributed by atoms with Crippen LogP contribution in [0.5, 0.6) is 5.75 Å². The zero-order chi connectivity index (χ0) is 15.6. The third kappa shape index (κ3) is 5.30. The van der Waals surface area contributed by atoms with Crippen LogP contribution >= 0.6 is 0 Å². The maximum atomic E-state index is 5.74. The first-order valence-corrected chi connectivity index (χ1v) is 7.91. The van der Waals surface area contributed by atoms with Gasteiger partial charge in [0.25, 0.3) is 0 Å². The molecular weight excluding hydrogens is 276 g/mol. The highest BCUT2D eigenvalue weighted by Gasteiger charge is 2.10. The van der Waals surface area contributed by atoms with E-state index in [2.05, 4.69) is 35.7 Å². The summed E-state index contributed by atoms with van der Waals surface area (Å²) in [6.45, 7) is 2.94. The van der Waals surface area contributed by atoms with Gasteiger partial charge in [-0.3, -0.25) is 0 Å². The van der Waals surface area contributed by atoms with Gasteiger partial charge in [-0.15, -0.1) is 0 Å². The standard InChI is InChI=1S/C18H26N2O2/c1-20-12-14-22-18-9-5-16(6-10-18)15-3-7-17(8-4-15)21-13-2-11-19/h3-7,9-10,17,20H,2,8,11-14,19H2,1H3. The molecule has 1 atom stereocenters. The molecule has 0 fully saturated rings. The van der Waals surface area contributed by atoms with Crippen LogP contribution in [0.1, 0.15) is 18.4 Å². The second-order valence-electron chi connectivity index (χ2n) is 5.28. The van der Waals surface area contributed by atoms with E-state index in [9.17, 15) is 0 Å². The smallest absolute Gasteiger partial charge is 0.119 e. The largest absolute Gasteiger partial charge is 0.492 e. The Hall–Kier alpha value is -1.62. The lowest BCUT2D eigenvalue weighted by Crippen LogP contribution is -2.15.